The van der Waals surface area contributed by atoms with Crippen LogP contribution in [-0.2, 0) is 3.42 Å². The lowest BCUT2D eigenvalue weighted by Crippen LogP contribution is -2.30. The van der Waals surface area contributed by atoms with E-state index in [2.05, 4.69) is 203 Å². The first-order chi connectivity index (χ1) is 29.5. The van der Waals surface area contributed by atoms with E-state index in [0.717, 1.165) is 44.5 Å². The van der Waals surface area contributed by atoms with Crippen molar-refractivity contribution in [2.75, 3.05) is 9.80 Å². The monoisotopic (exact) mass is 901 g/mol. The molecular formula is C53H36IN5S. The molecule has 0 saturated heterocycles. The van der Waals surface area contributed by atoms with Crippen LogP contribution < -0.4 is 9.80 Å². The van der Waals surface area contributed by atoms with Gasteiger partial charge >= 0.3 is 0 Å². The lowest BCUT2D eigenvalue weighted by atomic mass is 9.85. The molecule has 9 aromatic rings. The van der Waals surface area contributed by atoms with Crippen LogP contribution in [0.3, 0.4) is 0 Å². The molecule has 2 aliphatic rings. The van der Waals surface area contributed by atoms with E-state index in [1.807, 2.05) is 48.2 Å². The molecule has 286 valence electrons. The summed E-state index contributed by atoms with van der Waals surface area (Å²) in [5.41, 5.74) is 14.4. The first-order valence-corrected chi connectivity index (χ1v) is 21.9. The van der Waals surface area contributed by atoms with E-state index in [-0.39, 0.29) is 3.42 Å². The summed E-state index contributed by atoms with van der Waals surface area (Å²) >= 11 is 4.46. The fraction of sp³-hybridized carbons (Fsp3) is 0.0377. The molecule has 0 N–H and O–H groups in total. The minimum atomic E-state index is -0.388. The lowest BCUT2D eigenvalue weighted by molar-refractivity contribution is 0.844. The van der Waals surface area contributed by atoms with Gasteiger partial charge in [0.15, 0.2) is 11.6 Å². The van der Waals surface area contributed by atoms with E-state index in [0.29, 0.717) is 17.6 Å². The van der Waals surface area contributed by atoms with Gasteiger partial charge in [-0.1, -0.05) is 186 Å². The summed E-state index contributed by atoms with van der Waals surface area (Å²) in [4.78, 5) is 22.6. The van der Waals surface area contributed by atoms with Crippen LogP contribution in [0, 0.1) is 0 Å². The van der Waals surface area contributed by atoms with E-state index >= 15 is 0 Å². The maximum Gasteiger partial charge on any atom is 0.238 e. The largest absolute Gasteiger partial charge is 0.308 e. The van der Waals surface area contributed by atoms with Crippen molar-refractivity contribution in [2.24, 2.45) is 0 Å². The van der Waals surface area contributed by atoms with Crippen molar-refractivity contribution in [3.05, 3.63) is 211 Å². The third kappa shape index (κ3) is 6.36. The van der Waals surface area contributed by atoms with Gasteiger partial charge in [-0.25, -0.2) is 4.98 Å². The van der Waals surface area contributed by atoms with Crippen LogP contribution in [0.15, 0.2) is 210 Å². The van der Waals surface area contributed by atoms with Gasteiger partial charge in [0.2, 0.25) is 5.95 Å². The first-order valence-electron chi connectivity index (χ1n) is 20.0. The van der Waals surface area contributed by atoms with Crippen LogP contribution in [0.5, 0.6) is 0 Å². The zero-order chi connectivity index (χ0) is 40.2. The third-order valence-corrected chi connectivity index (χ3v) is 13.6. The van der Waals surface area contributed by atoms with Crippen molar-refractivity contribution in [3.8, 4) is 45.0 Å². The Hall–Kier alpha value is -6.55. The Bertz CT molecular complexity index is 2930. The molecule has 0 radical (unpaired) electrons. The summed E-state index contributed by atoms with van der Waals surface area (Å²) in [7, 11) is 0. The van der Waals surface area contributed by atoms with Crippen molar-refractivity contribution in [2.45, 2.75) is 20.1 Å². The number of anilines is 6. The zero-order valence-electron chi connectivity index (χ0n) is 32.6. The van der Waals surface area contributed by atoms with Gasteiger partial charge in [-0.3, -0.25) is 4.90 Å². The molecule has 5 nitrogen and oxygen atoms in total. The SMILES string of the molecule is CC1(I)c2ccccc2N(c2nc(-c3ccccc3)nc(-c3ccccc3)n2)c2cc3c(cc21)N(c1cc(-c2ccccc2)cc(-c2ccccc2)c1)c1ccccc1S3. The van der Waals surface area contributed by atoms with Gasteiger partial charge in [0.1, 0.15) is 0 Å². The average molecular weight is 902 g/mol. The molecule has 0 amide bonds. The fourth-order valence-electron chi connectivity index (χ4n) is 8.42. The van der Waals surface area contributed by atoms with Crippen LogP contribution in [0.4, 0.5) is 34.4 Å². The second kappa shape index (κ2) is 14.9. The van der Waals surface area contributed by atoms with Crippen molar-refractivity contribution in [3.63, 3.8) is 0 Å². The first kappa shape index (κ1) is 36.5. The van der Waals surface area contributed by atoms with E-state index in [4.69, 9.17) is 15.0 Å². The molecule has 3 heterocycles. The highest BCUT2D eigenvalue weighted by Gasteiger charge is 2.41. The summed E-state index contributed by atoms with van der Waals surface area (Å²) in [5.74, 6) is 1.83. The van der Waals surface area contributed by atoms with Crippen molar-refractivity contribution < 1.29 is 0 Å². The van der Waals surface area contributed by atoms with Crippen LogP contribution in [-0.4, -0.2) is 15.0 Å². The number of alkyl halides is 1. The van der Waals surface area contributed by atoms with Crippen molar-refractivity contribution in [1.82, 2.24) is 15.0 Å². The maximum absolute atomic E-state index is 5.27. The van der Waals surface area contributed by atoms with Crippen molar-refractivity contribution >= 4 is 68.7 Å². The number of fused-ring (bicyclic) bond motifs is 4. The predicted octanol–water partition coefficient (Wildman–Crippen LogP) is 15.0. The van der Waals surface area contributed by atoms with Gasteiger partial charge in [-0.15, -0.1) is 0 Å². The predicted molar refractivity (Wildman–Crippen MR) is 256 cm³/mol. The van der Waals surface area contributed by atoms with Crippen LogP contribution in [0.2, 0.25) is 0 Å². The number of aromatic nitrogens is 3. The molecule has 2 aliphatic heterocycles. The highest BCUT2D eigenvalue weighted by molar-refractivity contribution is 14.1. The number of halogens is 1. The third-order valence-electron chi connectivity index (χ3n) is 11.3. The Morgan fingerprint density at radius 3 is 1.48 bits per heavy atom. The number of para-hydroxylation sites is 2. The molecule has 0 spiro atoms. The molecule has 1 unspecified atom stereocenters. The molecular weight excluding hydrogens is 866 g/mol. The molecule has 0 saturated carbocycles. The second-order valence-corrected chi connectivity index (χ2v) is 18.4. The number of hydrogen-bond donors (Lipinski definition) is 0. The van der Waals surface area contributed by atoms with E-state index in [1.165, 1.54) is 38.3 Å². The van der Waals surface area contributed by atoms with Crippen LogP contribution in [0.1, 0.15) is 18.1 Å². The minimum absolute atomic E-state index is 0.388. The standard InChI is InChI=1S/C53H36IN5S/c1-53(54)42-26-14-15-27-44(42)59(52-56-50(37-22-10-4-11-23-37)55-51(57-52)38-24-12-5-13-25-38)46-34-49-47(33-43(46)53)58(45-28-16-17-29-48(45)60-49)41-31-39(35-18-6-2-7-19-35)30-40(32-41)36-20-8-3-9-21-36/h2-34H,1H3. The minimum Gasteiger partial charge on any atom is -0.308 e. The van der Waals surface area contributed by atoms with Gasteiger partial charge in [0.05, 0.1) is 26.2 Å². The topological polar surface area (TPSA) is 45.2 Å². The molecule has 7 heteroatoms. The van der Waals surface area contributed by atoms with Gasteiger partial charge in [-0.2, -0.15) is 9.97 Å². The Labute approximate surface area is 367 Å². The van der Waals surface area contributed by atoms with Gasteiger partial charge < -0.3 is 4.90 Å². The van der Waals surface area contributed by atoms with E-state index < -0.39 is 0 Å². The lowest BCUT2D eigenvalue weighted by Gasteiger charge is -2.42. The van der Waals surface area contributed by atoms with Gasteiger partial charge in [0, 0.05) is 26.6 Å². The van der Waals surface area contributed by atoms with Gasteiger partial charge in [-0.05, 0) is 88.8 Å². The molecule has 60 heavy (non-hydrogen) atoms. The summed E-state index contributed by atoms with van der Waals surface area (Å²) in [6.07, 6.45) is 0. The summed E-state index contributed by atoms with van der Waals surface area (Å²) in [6, 6.07) is 70.9. The Balaban J connectivity index is 1.16. The summed E-state index contributed by atoms with van der Waals surface area (Å²) < 4.78 is -0.388. The summed E-state index contributed by atoms with van der Waals surface area (Å²) in [5, 5.41) is 0. The molecule has 0 aliphatic carbocycles. The molecule has 8 aromatic carbocycles. The Morgan fingerprint density at radius 1 is 0.400 bits per heavy atom. The quantitative estimate of drug-likeness (QED) is 0.122. The van der Waals surface area contributed by atoms with Gasteiger partial charge in [0.25, 0.3) is 0 Å². The van der Waals surface area contributed by atoms with Crippen LogP contribution >= 0.6 is 34.4 Å². The maximum atomic E-state index is 5.27. The smallest absolute Gasteiger partial charge is 0.238 e. The molecule has 11 rings (SSSR count). The number of benzene rings is 8. The molecule has 1 atom stereocenters. The zero-order valence-corrected chi connectivity index (χ0v) is 35.5. The Kier molecular flexibility index (Phi) is 9.09. The summed E-state index contributed by atoms with van der Waals surface area (Å²) in [6.45, 7) is 2.32. The Morgan fingerprint density at radius 2 is 0.900 bits per heavy atom. The van der Waals surface area contributed by atoms with Crippen LogP contribution in [0.25, 0.3) is 45.0 Å². The normalized spacial score (nSPS) is 15.1. The van der Waals surface area contributed by atoms with Crippen molar-refractivity contribution in [1.29, 1.82) is 0 Å². The molecule has 0 fully saturated rings. The van der Waals surface area contributed by atoms with E-state index in [1.54, 1.807) is 0 Å². The molecule has 1 aromatic heterocycles. The fourth-order valence-corrected chi connectivity index (χ4v) is 10.4. The highest BCUT2D eigenvalue weighted by Crippen LogP contribution is 2.60. The second-order valence-electron chi connectivity index (χ2n) is 15.1. The molecule has 0 bridgehead atoms. The number of nitrogens with zero attached hydrogens (tertiary/aromatic N) is 5. The number of rotatable bonds is 6. The van der Waals surface area contributed by atoms with E-state index in [9.17, 15) is 0 Å². The highest BCUT2D eigenvalue weighted by atomic mass is 127. The average Bonchev–Trinajstić information content (AvgIpc) is 3.31. The number of hydrogen-bond acceptors (Lipinski definition) is 6.